The molecule has 2 heterocycles. The Hall–Kier alpha value is -1.14. The van der Waals surface area contributed by atoms with Gasteiger partial charge in [0.1, 0.15) is 6.10 Å². The van der Waals surface area contributed by atoms with Gasteiger partial charge in [0.15, 0.2) is 0 Å². The molecule has 2 fully saturated rings. The largest absolute Gasteiger partial charge is 0.381 e. The summed E-state index contributed by atoms with van der Waals surface area (Å²) in [6.07, 6.45) is 1.88. The van der Waals surface area contributed by atoms with E-state index in [1.165, 1.54) is 0 Å². The van der Waals surface area contributed by atoms with E-state index >= 15 is 0 Å². The molecule has 1 amide bonds. The van der Waals surface area contributed by atoms with Crippen molar-refractivity contribution in [1.82, 2.24) is 5.32 Å². The Morgan fingerprint density at radius 3 is 2.55 bits per heavy atom. The summed E-state index contributed by atoms with van der Waals surface area (Å²) in [5.41, 5.74) is 6.52. The molecule has 3 N–H and O–H groups in total. The van der Waals surface area contributed by atoms with E-state index in [4.69, 9.17) is 15.2 Å². The van der Waals surface area contributed by atoms with Gasteiger partial charge in [-0.3, -0.25) is 4.79 Å². The van der Waals surface area contributed by atoms with Gasteiger partial charge in [-0.15, -0.1) is 12.4 Å². The first-order valence-electron chi connectivity index (χ1n) is 7.53. The van der Waals surface area contributed by atoms with Crippen LogP contribution in [0, 0.1) is 0 Å². The number of hydrogen-bond donors (Lipinski definition) is 2. The molecule has 5 nitrogen and oxygen atoms in total. The molecule has 2 aliphatic rings. The van der Waals surface area contributed by atoms with Crippen LogP contribution in [-0.4, -0.2) is 37.3 Å². The van der Waals surface area contributed by atoms with Gasteiger partial charge in [0.05, 0.1) is 11.6 Å². The molecule has 2 unspecified atom stereocenters. The lowest BCUT2D eigenvalue weighted by atomic mass is 9.89. The third-order valence-corrected chi connectivity index (χ3v) is 4.37. The van der Waals surface area contributed by atoms with Gasteiger partial charge < -0.3 is 20.5 Å². The Labute approximate surface area is 137 Å². The highest BCUT2D eigenvalue weighted by Gasteiger charge is 2.39. The highest BCUT2D eigenvalue weighted by atomic mass is 35.5. The van der Waals surface area contributed by atoms with Crippen molar-refractivity contribution in [3.63, 3.8) is 0 Å². The normalized spacial score (nSPS) is 27.0. The molecule has 0 bridgehead atoms. The summed E-state index contributed by atoms with van der Waals surface area (Å²) in [6.45, 7) is 1.76. The highest BCUT2D eigenvalue weighted by molar-refractivity contribution is 5.86. The maximum absolute atomic E-state index is 12.5. The maximum Gasteiger partial charge on any atom is 0.240 e. The first kappa shape index (κ1) is 17.2. The van der Waals surface area contributed by atoms with Crippen LogP contribution in [0.25, 0.3) is 0 Å². The summed E-state index contributed by atoms with van der Waals surface area (Å²) in [5, 5.41) is 3.09. The molecule has 6 heteroatoms. The number of halogens is 1. The average Bonchev–Trinajstić information content (AvgIpc) is 2.97. The van der Waals surface area contributed by atoms with Crippen molar-refractivity contribution in [2.45, 2.75) is 36.9 Å². The Balaban J connectivity index is 0.00000176. The predicted molar refractivity (Wildman–Crippen MR) is 85.9 cm³/mol. The molecule has 2 saturated heterocycles. The minimum Gasteiger partial charge on any atom is -0.381 e. The highest BCUT2D eigenvalue weighted by Crippen LogP contribution is 2.29. The molecule has 0 aromatic heterocycles. The maximum atomic E-state index is 12.5. The van der Waals surface area contributed by atoms with Crippen molar-refractivity contribution in [3.8, 4) is 0 Å². The molecule has 1 aromatic carbocycles. The minimum atomic E-state index is -0.803. The van der Waals surface area contributed by atoms with E-state index in [9.17, 15) is 4.79 Å². The van der Waals surface area contributed by atoms with Gasteiger partial charge in [0.2, 0.25) is 5.91 Å². The van der Waals surface area contributed by atoms with E-state index in [1.54, 1.807) is 0 Å². The summed E-state index contributed by atoms with van der Waals surface area (Å²) in [7, 11) is 0. The second-order valence-corrected chi connectivity index (χ2v) is 5.84. The molecular formula is C16H23ClN2O3. The van der Waals surface area contributed by atoms with Gasteiger partial charge in [0, 0.05) is 19.8 Å². The van der Waals surface area contributed by atoms with Crippen LogP contribution in [0.1, 0.15) is 30.9 Å². The fourth-order valence-electron chi connectivity index (χ4n) is 2.98. The topological polar surface area (TPSA) is 73.6 Å². The zero-order chi connectivity index (χ0) is 14.7. The van der Waals surface area contributed by atoms with E-state index in [2.05, 4.69) is 5.32 Å². The quantitative estimate of drug-likeness (QED) is 0.884. The van der Waals surface area contributed by atoms with Crippen LogP contribution in [0.3, 0.4) is 0 Å². The molecule has 0 radical (unpaired) electrons. The molecule has 2 atom stereocenters. The van der Waals surface area contributed by atoms with Crippen molar-refractivity contribution in [2.24, 2.45) is 5.73 Å². The van der Waals surface area contributed by atoms with Crippen LogP contribution in [0.2, 0.25) is 0 Å². The summed E-state index contributed by atoms with van der Waals surface area (Å²) >= 11 is 0. The smallest absolute Gasteiger partial charge is 0.240 e. The third kappa shape index (κ3) is 3.60. The zero-order valence-electron chi connectivity index (χ0n) is 12.5. The van der Waals surface area contributed by atoms with Gasteiger partial charge in [-0.25, -0.2) is 0 Å². The predicted octanol–water partition coefficient (Wildman–Crippen LogP) is 1.56. The lowest BCUT2D eigenvalue weighted by Gasteiger charge is -2.33. The molecular weight excluding hydrogens is 304 g/mol. The standard InChI is InChI=1S/C16H22N2O3.ClH/c17-16(7-10-20-11-8-16)15(19)18-13-6-9-21-14(13)12-4-2-1-3-5-12;/h1-5,13-14H,6-11,17H2,(H,18,19);1H. The number of amides is 1. The summed E-state index contributed by atoms with van der Waals surface area (Å²) in [5.74, 6) is -0.0813. The van der Waals surface area contributed by atoms with Gasteiger partial charge in [-0.2, -0.15) is 0 Å². The van der Waals surface area contributed by atoms with Gasteiger partial charge in [-0.05, 0) is 24.8 Å². The summed E-state index contributed by atoms with van der Waals surface area (Å²) in [6, 6.07) is 9.99. The number of carbonyl (C=O) groups excluding carboxylic acids is 1. The number of nitrogens with one attached hydrogen (secondary N) is 1. The SMILES string of the molecule is Cl.NC1(C(=O)NC2CCOC2c2ccccc2)CCOCC1. The van der Waals surface area contributed by atoms with E-state index in [0.29, 0.717) is 32.7 Å². The van der Waals surface area contributed by atoms with Crippen molar-refractivity contribution >= 4 is 18.3 Å². The van der Waals surface area contributed by atoms with E-state index < -0.39 is 5.54 Å². The molecule has 22 heavy (non-hydrogen) atoms. The number of ether oxygens (including phenoxy) is 2. The fourth-order valence-corrected chi connectivity index (χ4v) is 2.98. The molecule has 0 aliphatic carbocycles. The fraction of sp³-hybridized carbons (Fsp3) is 0.562. The second-order valence-electron chi connectivity index (χ2n) is 5.84. The molecule has 122 valence electrons. The number of benzene rings is 1. The number of carbonyl (C=O) groups is 1. The van der Waals surface area contributed by atoms with Crippen molar-refractivity contribution in [3.05, 3.63) is 35.9 Å². The van der Waals surface area contributed by atoms with Crippen molar-refractivity contribution in [2.75, 3.05) is 19.8 Å². The van der Waals surface area contributed by atoms with E-state index in [-0.39, 0.29) is 30.5 Å². The van der Waals surface area contributed by atoms with Crippen LogP contribution < -0.4 is 11.1 Å². The average molecular weight is 327 g/mol. The first-order chi connectivity index (χ1) is 10.2. The Kier molecular flexibility index (Phi) is 5.81. The second kappa shape index (κ2) is 7.42. The van der Waals surface area contributed by atoms with E-state index in [1.807, 2.05) is 30.3 Å². The summed E-state index contributed by atoms with van der Waals surface area (Å²) < 4.78 is 11.1. The van der Waals surface area contributed by atoms with Crippen LogP contribution >= 0.6 is 12.4 Å². The molecule has 2 aliphatic heterocycles. The molecule has 0 spiro atoms. The van der Waals surface area contributed by atoms with Gasteiger partial charge in [0.25, 0.3) is 0 Å². The minimum absolute atomic E-state index is 0. The van der Waals surface area contributed by atoms with Crippen molar-refractivity contribution < 1.29 is 14.3 Å². The lowest BCUT2D eigenvalue weighted by Crippen LogP contribution is -2.59. The zero-order valence-corrected chi connectivity index (χ0v) is 13.3. The molecule has 1 aromatic rings. The monoisotopic (exact) mass is 326 g/mol. The molecule has 0 saturated carbocycles. The van der Waals surface area contributed by atoms with Crippen LogP contribution in [0.5, 0.6) is 0 Å². The van der Waals surface area contributed by atoms with E-state index in [0.717, 1.165) is 12.0 Å². The lowest BCUT2D eigenvalue weighted by molar-refractivity contribution is -0.130. The summed E-state index contributed by atoms with van der Waals surface area (Å²) in [4.78, 5) is 12.5. The first-order valence-corrected chi connectivity index (χ1v) is 7.53. The Bertz CT molecular complexity index is 491. The number of rotatable bonds is 3. The third-order valence-electron chi connectivity index (χ3n) is 4.37. The van der Waals surface area contributed by atoms with Crippen molar-refractivity contribution in [1.29, 1.82) is 0 Å². The number of nitrogens with two attached hydrogens (primary N) is 1. The van der Waals surface area contributed by atoms with Crippen LogP contribution in [-0.2, 0) is 14.3 Å². The van der Waals surface area contributed by atoms with Crippen LogP contribution in [0.15, 0.2) is 30.3 Å². The molecule has 3 rings (SSSR count). The van der Waals surface area contributed by atoms with Gasteiger partial charge >= 0.3 is 0 Å². The number of hydrogen-bond acceptors (Lipinski definition) is 4. The Morgan fingerprint density at radius 1 is 1.18 bits per heavy atom. The van der Waals surface area contributed by atoms with Crippen LogP contribution in [0.4, 0.5) is 0 Å². The van der Waals surface area contributed by atoms with Gasteiger partial charge in [-0.1, -0.05) is 30.3 Å². The Morgan fingerprint density at radius 2 is 1.86 bits per heavy atom.